The lowest BCUT2D eigenvalue weighted by molar-refractivity contribution is -0.137. The Labute approximate surface area is 244 Å². The molecule has 2 fully saturated rings. The number of hydrogen-bond donors (Lipinski definition) is 2. The fourth-order valence-electron chi connectivity index (χ4n) is 6.42. The second-order valence-corrected chi connectivity index (χ2v) is 12.4. The molecule has 0 aromatic carbocycles. The number of anilines is 2. The van der Waals surface area contributed by atoms with Crippen LogP contribution in [0.1, 0.15) is 63.3 Å². The fraction of sp³-hybridized carbons (Fsp3) is 0.633. The fourth-order valence-corrected chi connectivity index (χ4v) is 6.42. The Kier molecular flexibility index (Phi) is 8.69. The highest BCUT2D eigenvalue weighted by Crippen LogP contribution is 2.38. The molecule has 9 nitrogen and oxygen atoms in total. The van der Waals surface area contributed by atoms with E-state index in [1.165, 1.54) is 0 Å². The molecule has 42 heavy (non-hydrogen) atoms. The average Bonchev–Trinajstić information content (AvgIpc) is 3.50. The molecule has 2 unspecified atom stereocenters. The average molecular weight is 590 g/mol. The predicted octanol–water partition coefficient (Wildman–Crippen LogP) is 4.73. The zero-order chi connectivity index (χ0) is 30.2. The summed E-state index contributed by atoms with van der Waals surface area (Å²) in [6.07, 6.45) is 1.51. The van der Waals surface area contributed by atoms with Gasteiger partial charge in [0.15, 0.2) is 11.6 Å². The van der Waals surface area contributed by atoms with E-state index >= 15 is 0 Å². The monoisotopic (exact) mass is 589 g/mol. The summed E-state index contributed by atoms with van der Waals surface area (Å²) in [4.78, 5) is 13.1. The van der Waals surface area contributed by atoms with Crippen LogP contribution in [-0.4, -0.2) is 80.6 Å². The number of likely N-dealkylation sites (tertiary alicyclic amines) is 1. The first kappa shape index (κ1) is 30.5. The van der Waals surface area contributed by atoms with E-state index in [1.54, 1.807) is 4.52 Å². The van der Waals surface area contributed by atoms with E-state index in [1.807, 2.05) is 11.8 Å². The van der Waals surface area contributed by atoms with Crippen molar-refractivity contribution in [1.29, 1.82) is 0 Å². The van der Waals surface area contributed by atoms with Crippen molar-refractivity contribution in [3.8, 4) is 11.4 Å². The van der Waals surface area contributed by atoms with Crippen molar-refractivity contribution in [3.63, 3.8) is 0 Å². The molecule has 2 aliphatic heterocycles. The molecule has 0 saturated carbocycles. The minimum absolute atomic E-state index is 0.0454. The number of morpholine rings is 1. The number of nitrogens with two attached hydrogens (primary N) is 1. The molecule has 0 bridgehead atoms. The Morgan fingerprint density at radius 1 is 1.14 bits per heavy atom. The van der Waals surface area contributed by atoms with Gasteiger partial charge in [-0.3, -0.25) is 4.90 Å². The van der Waals surface area contributed by atoms with Gasteiger partial charge in [-0.1, -0.05) is 13.3 Å². The molecule has 12 heteroatoms. The molecule has 0 radical (unpaired) electrons. The Balaban J connectivity index is 1.43. The SMILES string of the molecule is Cc1c(CCCCC2CC(C)CN2C(C)(C)CO)cc2c(N3CCOCC3)nc(-c3cnc(N)cc3C(F)(F)F)nn12. The molecule has 2 aliphatic rings. The third-order valence-corrected chi connectivity index (χ3v) is 8.76. The summed E-state index contributed by atoms with van der Waals surface area (Å²) in [6, 6.07) is 3.36. The van der Waals surface area contributed by atoms with E-state index in [9.17, 15) is 18.3 Å². The van der Waals surface area contributed by atoms with Crippen LogP contribution in [0.2, 0.25) is 0 Å². The largest absolute Gasteiger partial charge is 0.417 e. The van der Waals surface area contributed by atoms with Gasteiger partial charge in [0.05, 0.1) is 30.9 Å². The molecular formula is C30H42F3N7O2. The lowest BCUT2D eigenvalue weighted by Crippen LogP contribution is -2.49. The van der Waals surface area contributed by atoms with Crippen LogP contribution in [0.3, 0.4) is 0 Å². The number of ether oxygens (including phenoxy) is 1. The summed E-state index contributed by atoms with van der Waals surface area (Å²) in [5, 5.41) is 14.5. The van der Waals surface area contributed by atoms with Gasteiger partial charge >= 0.3 is 6.18 Å². The number of fused-ring (bicyclic) bond motifs is 1. The molecule has 5 rings (SSSR count). The van der Waals surface area contributed by atoms with E-state index in [2.05, 4.69) is 46.8 Å². The third kappa shape index (κ3) is 6.21. The molecule has 0 spiro atoms. The highest BCUT2D eigenvalue weighted by Gasteiger charge is 2.38. The lowest BCUT2D eigenvalue weighted by atomic mass is 9.98. The molecule has 0 amide bonds. The van der Waals surface area contributed by atoms with Crippen molar-refractivity contribution < 1.29 is 23.0 Å². The van der Waals surface area contributed by atoms with E-state index in [0.717, 1.165) is 67.7 Å². The maximum Gasteiger partial charge on any atom is 0.417 e. The summed E-state index contributed by atoms with van der Waals surface area (Å²) >= 11 is 0. The minimum atomic E-state index is -4.64. The molecular weight excluding hydrogens is 547 g/mol. The van der Waals surface area contributed by atoms with Crippen LogP contribution >= 0.6 is 0 Å². The van der Waals surface area contributed by atoms with Gasteiger partial charge in [-0.25, -0.2) is 14.5 Å². The van der Waals surface area contributed by atoms with Crippen molar-refractivity contribution in [2.24, 2.45) is 5.92 Å². The first-order valence-electron chi connectivity index (χ1n) is 14.8. The highest BCUT2D eigenvalue weighted by molar-refractivity contribution is 5.74. The number of aliphatic hydroxyl groups excluding tert-OH is 1. The minimum Gasteiger partial charge on any atom is -0.394 e. The topological polar surface area (TPSA) is 105 Å². The van der Waals surface area contributed by atoms with Crippen LogP contribution in [0.5, 0.6) is 0 Å². The van der Waals surface area contributed by atoms with Crippen LogP contribution in [-0.2, 0) is 17.3 Å². The molecule has 2 saturated heterocycles. The lowest BCUT2D eigenvalue weighted by Gasteiger charge is -2.38. The van der Waals surface area contributed by atoms with Crippen molar-refractivity contribution in [2.75, 3.05) is 50.1 Å². The first-order valence-corrected chi connectivity index (χ1v) is 14.8. The number of aromatic nitrogens is 4. The van der Waals surface area contributed by atoms with Gasteiger partial charge in [-0.15, -0.1) is 5.10 Å². The van der Waals surface area contributed by atoms with Gasteiger partial charge in [0, 0.05) is 43.1 Å². The second-order valence-electron chi connectivity index (χ2n) is 12.4. The summed E-state index contributed by atoms with van der Waals surface area (Å²) in [5.41, 5.74) is 7.03. The number of nitrogen functional groups attached to an aromatic ring is 1. The quantitative estimate of drug-likeness (QED) is 0.345. The number of unbranched alkanes of at least 4 members (excludes halogenated alkanes) is 1. The van der Waals surface area contributed by atoms with Gasteiger partial charge < -0.3 is 20.5 Å². The van der Waals surface area contributed by atoms with Crippen molar-refractivity contribution >= 4 is 17.2 Å². The van der Waals surface area contributed by atoms with E-state index < -0.39 is 11.7 Å². The van der Waals surface area contributed by atoms with Crippen LogP contribution in [0, 0.1) is 12.8 Å². The number of aryl methyl sites for hydroxylation is 2. The highest BCUT2D eigenvalue weighted by atomic mass is 19.4. The summed E-state index contributed by atoms with van der Waals surface area (Å²) in [6.45, 7) is 11.8. The Morgan fingerprint density at radius 2 is 1.88 bits per heavy atom. The van der Waals surface area contributed by atoms with E-state index in [0.29, 0.717) is 44.1 Å². The maximum atomic E-state index is 14.0. The zero-order valence-electron chi connectivity index (χ0n) is 24.9. The number of pyridine rings is 1. The molecule has 2 atom stereocenters. The van der Waals surface area contributed by atoms with Gasteiger partial charge in [0.2, 0.25) is 0 Å². The van der Waals surface area contributed by atoms with Crippen LogP contribution in [0.4, 0.5) is 24.8 Å². The summed E-state index contributed by atoms with van der Waals surface area (Å²) in [5.74, 6) is 0.941. The van der Waals surface area contributed by atoms with E-state index in [-0.39, 0.29) is 29.4 Å². The first-order chi connectivity index (χ1) is 19.9. The zero-order valence-corrected chi connectivity index (χ0v) is 24.9. The van der Waals surface area contributed by atoms with Crippen molar-refractivity contribution in [1.82, 2.24) is 24.5 Å². The molecule has 3 aromatic heterocycles. The maximum absolute atomic E-state index is 14.0. The molecule has 3 aromatic rings. The second kappa shape index (κ2) is 12.0. The Morgan fingerprint density at radius 3 is 2.57 bits per heavy atom. The normalized spacial score (nSPS) is 20.6. The number of halogens is 3. The van der Waals surface area contributed by atoms with Gasteiger partial charge in [0.25, 0.3) is 0 Å². The van der Waals surface area contributed by atoms with Gasteiger partial charge in [-0.05, 0) is 70.1 Å². The van der Waals surface area contributed by atoms with Crippen molar-refractivity contribution in [2.45, 2.75) is 77.6 Å². The summed E-state index contributed by atoms with van der Waals surface area (Å²) in [7, 11) is 0. The predicted molar refractivity (Wildman–Crippen MR) is 156 cm³/mol. The van der Waals surface area contributed by atoms with E-state index in [4.69, 9.17) is 10.5 Å². The summed E-state index contributed by atoms with van der Waals surface area (Å²) < 4.78 is 49.2. The Hall–Kier alpha value is -2.96. The number of hydrogen-bond acceptors (Lipinski definition) is 8. The number of nitrogens with zero attached hydrogens (tertiary/aromatic N) is 6. The Bertz CT molecular complexity index is 1400. The number of aliphatic hydroxyl groups is 1. The van der Waals surface area contributed by atoms with Crippen molar-refractivity contribution in [3.05, 3.63) is 35.2 Å². The van der Waals surface area contributed by atoms with Gasteiger partial charge in [-0.2, -0.15) is 13.2 Å². The van der Waals surface area contributed by atoms with Crippen LogP contribution in [0.15, 0.2) is 18.3 Å². The van der Waals surface area contributed by atoms with Gasteiger partial charge in [0.1, 0.15) is 11.3 Å². The smallest absolute Gasteiger partial charge is 0.394 e. The van der Waals surface area contributed by atoms with Crippen LogP contribution < -0.4 is 10.6 Å². The molecule has 5 heterocycles. The number of rotatable bonds is 9. The number of alkyl halides is 3. The molecule has 0 aliphatic carbocycles. The standard InChI is InChI=1S/C30H42F3N7O2/c1-19-13-22(39(17-19)29(3,4)18-41)8-6-5-7-21-14-25-28(38-9-11-42-12-10-38)36-27(37-40(25)20(21)2)23-16-35-26(34)15-24(23)30(31,32)33/h14-16,19,22,41H,5-13,17-18H2,1-4H3,(H2,34,35). The van der Waals surface area contributed by atoms with Crippen LogP contribution in [0.25, 0.3) is 16.9 Å². The molecule has 3 N–H and O–H groups in total. The third-order valence-electron chi connectivity index (χ3n) is 8.76. The molecule has 230 valence electrons.